The number of hydrogen-bond acceptors (Lipinski definition) is 4. The average Bonchev–Trinajstić information content (AvgIpc) is 2.64. The van der Waals surface area contributed by atoms with Crippen molar-refractivity contribution < 1.29 is 0 Å². The highest BCUT2D eigenvalue weighted by Gasteiger charge is 2.38. The van der Waals surface area contributed by atoms with E-state index in [1.807, 2.05) is 43.4 Å². The van der Waals surface area contributed by atoms with E-state index < -0.39 is 5.54 Å². The maximum atomic E-state index is 11.8. The molecule has 0 aliphatic heterocycles. The summed E-state index contributed by atoms with van der Waals surface area (Å²) in [6.07, 6.45) is 7.97. The molecule has 1 aromatic carbocycles. The van der Waals surface area contributed by atoms with Crippen molar-refractivity contribution in [3.8, 4) is 0 Å². The smallest absolute Gasteiger partial charge is 0.136 e. The zero-order valence-electron chi connectivity index (χ0n) is 13.6. The van der Waals surface area contributed by atoms with Gasteiger partial charge in [-0.15, -0.1) is 4.91 Å². The van der Waals surface area contributed by atoms with Crippen LogP contribution < -0.4 is 5.32 Å². The Bertz CT molecular complexity index is 833. The highest BCUT2D eigenvalue weighted by Crippen LogP contribution is 2.42. The molecule has 0 radical (unpaired) electrons. The van der Waals surface area contributed by atoms with Crippen molar-refractivity contribution in [2.75, 3.05) is 5.32 Å². The van der Waals surface area contributed by atoms with E-state index >= 15 is 0 Å². The van der Waals surface area contributed by atoms with E-state index in [1.54, 1.807) is 24.4 Å². The Balaban J connectivity index is 1.96. The molecule has 1 aliphatic carbocycles. The van der Waals surface area contributed by atoms with E-state index in [0.29, 0.717) is 22.3 Å². The number of allylic oxidation sites excluding steroid dienone is 3. The Hall–Kier alpha value is -2.17. The fraction of sp³-hybridized carbons (Fsp3) is 0.211. The molecule has 3 rings (SSSR count). The van der Waals surface area contributed by atoms with E-state index in [0.717, 1.165) is 11.3 Å². The van der Waals surface area contributed by atoms with E-state index in [1.165, 1.54) is 0 Å². The van der Waals surface area contributed by atoms with Crippen LogP contribution in [0.5, 0.6) is 0 Å². The molecule has 1 aromatic heterocycles. The predicted molar refractivity (Wildman–Crippen MR) is 103 cm³/mol. The van der Waals surface area contributed by atoms with Gasteiger partial charge in [-0.1, -0.05) is 46.6 Å². The Morgan fingerprint density at radius 2 is 2.00 bits per heavy atom. The number of pyridine rings is 1. The minimum Gasteiger partial charge on any atom is -0.340 e. The molecular formula is C19H17Cl2N3O. The first-order valence-corrected chi connectivity index (χ1v) is 8.65. The summed E-state index contributed by atoms with van der Waals surface area (Å²) < 4.78 is 0. The third kappa shape index (κ3) is 3.75. The van der Waals surface area contributed by atoms with E-state index in [-0.39, 0.29) is 5.92 Å². The maximum Gasteiger partial charge on any atom is 0.136 e. The number of halogens is 2. The zero-order valence-corrected chi connectivity index (χ0v) is 15.1. The van der Waals surface area contributed by atoms with Crippen LogP contribution in [0.3, 0.4) is 0 Å². The summed E-state index contributed by atoms with van der Waals surface area (Å²) >= 11 is 11.9. The van der Waals surface area contributed by atoms with Crippen LogP contribution in [0.1, 0.15) is 18.9 Å². The number of rotatable bonds is 5. The first-order chi connectivity index (χ1) is 12.0. The molecule has 4 nitrogen and oxygen atoms in total. The Morgan fingerprint density at radius 3 is 2.64 bits per heavy atom. The summed E-state index contributed by atoms with van der Waals surface area (Å²) in [5, 5.41) is 8.06. The predicted octanol–water partition coefficient (Wildman–Crippen LogP) is 6.16. The number of nitroso groups, excluding NO2 is 1. The van der Waals surface area contributed by atoms with Crippen LogP contribution in [0.15, 0.2) is 71.0 Å². The number of aromatic nitrogens is 1. The molecular weight excluding hydrogens is 357 g/mol. The molecule has 128 valence electrons. The monoisotopic (exact) mass is 373 g/mol. The standard InChI is InChI=1S/C19H17Cl2N3O/c1-19(24-25,13-4-6-14(20)7-5-13)17-3-2-12-22-18(17)23-16-10-8-15(21)9-11-16/h2-4,6-13H,5H2,1H3,(H,22,23). The quantitative estimate of drug-likeness (QED) is 0.638. The maximum absolute atomic E-state index is 11.8. The first kappa shape index (κ1) is 17.6. The summed E-state index contributed by atoms with van der Waals surface area (Å²) in [7, 11) is 0. The second-order valence-electron chi connectivity index (χ2n) is 6.06. The van der Waals surface area contributed by atoms with Crippen molar-refractivity contribution in [2.24, 2.45) is 11.1 Å². The van der Waals surface area contributed by atoms with Gasteiger partial charge >= 0.3 is 0 Å². The van der Waals surface area contributed by atoms with Crippen LogP contribution in [0.25, 0.3) is 0 Å². The van der Waals surface area contributed by atoms with Crippen molar-refractivity contribution in [1.82, 2.24) is 4.98 Å². The van der Waals surface area contributed by atoms with Crippen molar-refractivity contribution >= 4 is 34.7 Å². The second kappa shape index (κ2) is 7.38. The molecule has 1 heterocycles. The van der Waals surface area contributed by atoms with Gasteiger partial charge in [0.05, 0.1) is 0 Å². The number of anilines is 2. The highest BCUT2D eigenvalue weighted by molar-refractivity contribution is 6.31. The van der Waals surface area contributed by atoms with Crippen LogP contribution in [-0.2, 0) is 5.54 Å². The molecule has 0 bridgehead atoms. The van der Waals surface area contributed by atoms with Gasteiger partial charge in [-0.25, -0.2) is 4.98 Å². The van der Waals surface area contributed by atoms with Gasteiger partial charge in [0.25, 0.3) is 0 Å². The molecule has 6 heteroatoms. The molecule has 0 amide bonds. The zero-order chi connectivity index (χ0) is 17.9. The van der Waals surface area contributed by atoms with Crippen LogP contribution >= 0.6 is 23.2 Å². The summed E-state index contributed by atoms with van der Waals surface area (Å²) in [5.74, 6) is 0.503. The van der Waals surface area contributed by atoms with E-state index in [9.17, 15) is 4.91 Å². The fourth-order valence-corrected chi connectivity index (χ4v) is 3.20. The summed E-state index contributed by atoms with van der Waals surface area (Å²) in [6, 6.07) is 11.0. The van der Waals surface area contributed by atoms with Gasteiger partial charge in [0.1, 0.15) is 11.4 Å². The number of hydrogen-bond donors (Lipinski definition) is 1. The SMILES string of the molecule is CC(N=O)(c1cccnc1Nc1ccc(Cl)cc1)C1C=CC(Cl)=CC1. The van der Waals surface area contributed by atoms with Crippen molar-refractivity contribution in [1.29, 1.82) is 0 Å². The number of nitrogens with zero attached hydrogens (tertiary/aromatic N) is 2. The Morgan fingerprint density at radius 1 is 1.24 bits per heavy atom. The van der Waals surface area contributed by atoms with Gasteiger partial charge in [-0.05, 0) is 49.8 Å². The lowest BCUT2D eigenvalue weighted by atomic mass is 9.77. The number of benzene rings is 1. The summed E-state index contributed by atoms with van der Waals surface area (Å²) in [4.78, 5) is 16.3. The van der Waals surface area contributed by atoms with Crippen molar-refractivity contribution in [3.63, 3.8) is 0 Å². The summed E-state index contributed by atoms with van der Waals surface area (Å²) in [6.45, 7) is 1.83. The third-order valence-corrected chi connectivity index (χ3v) is 4.96. The third-order valence-electron chi connectivity index (χ3n) is 4.43. The lowest BCUT2D eigenvalue weighted by molar-refractivity contribution is 0.361. The lowest BCUT2D eigenvalue weighted by Gasteiger charge is -2.31. The molecule has 1 aliphatic rings. The van der Waals surface area contributed by atoms with Crippen LogP contribution in [0, 0.1) is 10.8 Å². The van der Waals surface area contributed by atoms with Crippen LogP contribution in [0.2, 0.25) is 5.02 Å². The average molecular weight is 374 g/mol. The molecule has 1 N–H and O–H groups in total. The molecule has 0 fully saturated rings. The molecule has 25 heavy (non-hydrogen) atoms. The van der Waals surface area contributed by atoms with Gasteiger partial charge < -0.3 is 5.32 Å². The van der Waals surface area contributed by atoms with Crippen molar-refractivity contribution in [3.05, 3.63) is 81.3 Å². The second-order valence-corrected chi connectivity index (χ2v) is 6.93. The van der Waals surface area contributed by atoms with Gasteiger partial charge in [0, 0.05) is 33.4 Å². The fourth-order valence-electron chi connectivity index (χ4n) is 2.91. The molecule has 2 unspecified atom stereocenters. The molecule has 2 atom stereocenters. The minimum atomic E-state index is -0.965. The van der Waals surface area contributed by atoms with Crippen LogP contribution in [-0.4, -0.2) is 4.98 Å². The van der Waals surface area contributed by atoms with Crippen molar-refractivity contribution in [2.45, 2.75) is 18.9 Å². The topological polar surface area (TPSA) is 54.4 Å². The van der Waals surface area contributed by atoms with E-state index in [2.05, 4.69) is 15.5 Å². The normalized spacial score (nSPS) is 19.0. The summed E-state index contributed by atoms with van der Waals surface area (Å²) in [5.41, 5.74) is 0.605. The molecule has 2 aromatic rings. The molecule has 0 spiro atoms. The lowest BCUT2D eigenvalue weighted by Crippen LogP contribution is -2.30. The first-order valence-electron chi connectivity index (χ1n) is 7.89. The Kier molecular flexibility index (Phi) is 5.21. The Labute approximate surface area is 156 Å². The highest BCUT2D eigenvalue weighted by atomic mass is 35.5. The van der Waals surface area contributed by atoms with Crippen LogP contribution in [0.4, 0.5) is 11.5 Å². The largest absolute Gasteiger partial charge is 0.340 e. The number of nitrogens with one attached hydrogen (secondary N) is 1. The minimum absolute atomic E-state index is 0.0949. The van der Waals surface area contributed by atoms with E-state index in [4.69, 9.17) is 23.2 Å². The van der Waals surface area contributed by atoms with Gasteiger partial charge in [-0.3, -0.25) is 0 Å². The van der Waals surface area contributed by atoms with Gasteiger partial charge in [0.15, 0.2) is 0 Å². The molecule has 0 saturated heterocycles. The molecule has 0 saturated carbocycles. The van der Waals surface area contributed by atoms with Gasteiger partial charge in [-0.2, -0.15) is 0 Å². The van der Waals surface area contributed by atoms with Gasteiger partial charge in [0.2, 0.25) is 0 Å².